The number of methoxy groups -OCH3 is 1. The lowest BCUT2D eigenvalue weighted by atomic mass is 10.2. The van der Waals surface area contributed by atoms with E-state index >= 15 is 0 Å². The first-order valence-corrected chi connectivity index (χ1v) is 10.9. The number of carbonyl (C=O) groups excluding carboxylic acids is 1. The van der Waals surface area contributed by atoms with Gasteiger partial charge in [-0.15, -0.1) is 0 Å². The molecule has 0 atom stereocenters. The predicted octanol–water partition coefficient (Wildman–Crippen LogP) is 3.88. The number of nitrogens with zero attached hydrogens (tertiary/aromatic N) is 2. The quantitative estimate of drug-likeness (QED) is 0.458. The summed E-state index contributed by atoms with van der Waals surface area (Å²) in [5.41, 5.74) is 4.56. The zero-order valence-corrected chi connectivity index (χ0v) is 17.8. The molecule has 0 radical (unpaired) electrons. The number of nitrogens with one attached hydrogen (secondary N) is 2. The molecule has 0 aliphatic heterocycles. The third kappa shape index (κ3) is 4.32. The number of fused-ring (bicyclic) bond motifs is 1. The van der Waals surface area contributed by atoms with Crippen LogP contribution in [0.3, 0.4) is 0 Å². The van der Waals surface area contributed by atoms with Gasteiger partial charge in [-0.05, 0) is 54.6 Å². The second-order valence-corrected chi connectivity index (χ2v) is 8.58. The lowest BCUT2D eigenvalue weighted by Crippen LogP contribution is -2.22. The van der Waals surface area contributed by atoms with Gasteiger partial charge in [0.05, 0.1) is 23.2 Å². The van der Waals surface area contributed by atoms with Crippen LogP contribution < -0.4 is 14.9 Å². The van der Waals surface area contributed by atoms with Gasteiger partial charge in [0, 0.05) is 11.3 Å². The fraction of sp³-hybridized carbons (Fsp3) is 0.0476. The molecule has 158 valence electrons. The summed E-state index contributed by atoms with van der Waals surface area (Å²) >= 11 is 6.13. The Morgan fingerprint density at radius 2 is 1.81 bits per heavy atom. The number of halogens is 1. The van der Waals surface area contributed by atoms with Gasteiger partial charge in [0.15, 0.2) is 0 Å². The zero-order chi connectivity index (χ0) is 22.0. The molecule has 1 amide bonds. The molecular weight excluding hydrogens is 440 g/mol. The smallest absolute Gasteiger partial charge is 0.270 e. The SMILES string of the molecule is COc1ccc(NS(=O)(=O)c2cc(C(=O)Nn3cnc4ccccc43)ccc2Cl)cc1. The van der Waals surface area contributed by atoms with E-state index in [0.29, 0.717) is 22.5 Å². The van der Waals surface area contributed by atoms with Crippen molar-refractivity contribution in [2.24, 2.45) is 0 Å². The third-order valence-corrected chi connectivity index (χ3v) is 6.36. The van der Waals surface area contributed by atoms with E-state index in [-0.39, 0.29) is 15.5 Å². The summed E-state index contributed by atoms with van der Waals surface area (Å²) in [6, 6.07) is 17.7. The van der Waals surface area contributed by atoms with E-state index in [1.807, 2.05) is 18.2 Å². The number of hydrogen-bond acceptors (Lipinski definition) is 5. The first kappa shape index (κ1) is 20.7. The van der Waals surface area contributed by atoms with E-state index in [4.69, 9.17) is 16.3 Å². The molecule has 4 rings (SSSR count). The van der Waals surface area contributed by atoms with Gasteiger partial charge in [-0.25, -0.2) is 18.1 Å². The summed E-state index contributed by atoms with van der Waals surface area (Å²) in [6.45, 7) is 0. The van der Waals surface area contributed by atoms with Gasteiger partial charge in [-0.2, -0.15) is 0 Å². The van der Waals surface area contributed by atoms with Crippen LogP contribution >= 0.6 is 11.6 Å². The Bertz CT molecular complexity index is 1370. The number of carbonyl (C=O) groups is 1. The molecule has 4 aromatic rings. The van der Waals surface area contributed by atoms with E-state index in [1.54, 1.807) is 30.3 Å². The van der Waals surface area contributed by atoms with Crippen LogP contribution in [0.4, 0.5) is 5.69 Å². The average Bonchev–Trinajstić information content (AvgIpc) is 3.17. The van der Waals surface area contributed by atoms with Crippen molar-refractivity contribution in [3.05, 3.63) is 83.6 Å². The largest absolute Gasteiger partial charge is 0.497 e. The van der Waals surface area contributed by atoms with Gasteiger partial charge in [0.25, 0.3) is 15.9 Å². The highest BCUT2D eigenvalue weighted by Gasteiger charge is 2.21. The molecule has 0 saturated carbocycles. The molecule has 1 aromatic heterocycles. The standard InChI is InChI=1S/C21H17ClN4O4S/c1-30-16-9-7-15(8-10-16)25-31(28,29)20-12-14(6-11-17(20)22)21(27)24-26-13-23-18-4-2-3-5-19(18)26/h2-13,25H,1H3,(H,24,27). The van der Waals surface area contributed by atoms with E-state index in [1.165, 1.54) is 36.3 Å². The molecule has 10 heteroatoms. The molecule has 3 aromatic carbocycles. The number of para-hydroxylation sites is 2. The molecule has 0 aliphatic rings. The summed E-state index contributed by atoms with van der Waals surface area (Å²) < 4.78 is 34.7. The van der Waals surface area contributed by atoms with Crippen molar-refractivity contribution in [2.75, 3.05) is 17.3 Å². The van der Waals surface area contributed by atoms with Crippen LogP contribution in [0, 0.1) is 0 Å². The van der Waals surface area contributed by atoms with Crippen LogP contribution in [0.1, 0.15) is 10.4 Å². The normalized spacial score (nSPS) is 11.3. The molecule has 0 unspecified atom stereocenters. The fourth-order valence-corrected chi connectivity index (χ4v) is 4.53. The first-order chi connectivity index (χ1) is 14.9. The highest BCUT2D eigenvalue weighted by Crippen LogP contribution is 2.26. The average molecular weight is 457 g/mol. The molecule has 0 saturated heterocycles. The number of rotatable bonds is 6. The van der Waals surface area contributed by atoms with Crippen molar-refractivity contribution in [1.29, 1.82) is 0 Å². The van der Waals surface area contributed by atoms with Gasteiger partial charge in [-0.1, -0.05) is 23.7 Å². The fourth-order valence-electron chi connectivity index (χ4n) is 2.94. The van der Waals surface area contributed by atoms with Gasteiger partial charge in [0.2, 0.25) is 0 Å². The van der Waals surface area contributed by atoms with Crippen LogP contribution in [0.15, 0.2) is 78.0 Å². The molecule has 1 heterocycles. The van der Waals surface area contributed by atoms with Crippen LogP contribution in [0.25, 0.3) is 11.0 Å². The van der Waals surface area contributed by atoms with Crippen LogP contribution in [0.5, 0.6) is 5.75 Å². The molecular formula is C21H17ClN4O4S. The summed E-state index contributed by atoms with van der Waals surface area (Å²) in [5.74, 6) is 0.0763. The van der Waals surface area contributed by atoms with Gasteiger partial charge >= 0.3 is 0 Å². The Labute approximate surface area is 183 Å². The third-order valence-electron chi connectivity index (χ3n) is 4.50. The zero-order valence-electron chi connectivity index (χ0n) is 16.2. The van der Waals surface area contributed by atoms with Crippen molar-refractivity contribution >= 4 is 44.3 Å². The van der Waals surface area contributed by atoms with Crippen molar-refractivity contribution in [1.82, 2.24) is 9.66 Å². The monoisotopic (exact) mass is 456 g/mol. The number of aromatic nitrogens is 2. The number of benzene rings is 3. The van der Waals surface area contributed by atoms with Gasteiger partial charge in [-0.3, -0.25) is 14.9 Å². The Kier molecular flexibility index (Phi) is 5.53. The number of sulfonamides is 1. The summed E-state index contributed by atoms with van der Waals surface area (Å²) in [6.07, 6.45) is 1.47. The van der Waals surface area contributed by atoms with Crippen LogP contribution in [0.2, 0.25) is 5.02 Å². The van der Waals surface area contributed by atoms with E-state index in [9.17, 15) is 13.2 Å². The Morgan fingerprint density at radius 1 is 1.06 bits per heavy atom. The topological polar surface area (TPSA) is 102 Å². The Balaban J connectivity index is 1.60. The summed E-state index contributed by atoms with van der Waals surface area (Å²) in [4.78, 5) is 16.7. The maximum Gasteiger partial charge on any atom is 0.270 e. The minimum atomic E-state index is -4.04. The van der Waals surface area contributed by atoms with Crippen molar-refractivity contribution in [3.63, 3.8) is 0 Å². The van der Waals surface area contributed by atoms with Crippen molar-refractivity contribution in [2.45, 2.75) is 4.90 Å². The predicted molar refractivity (Wildman–Crippen MR) is 119 cm³/mol. The first-order valence-electron chi connectivity index (χ1n) is 9.07. The molecule has 31 heavy (non-hydrogen) atoms. The number of hydrogen-bond donors (Lipinski definition) is 2. The molecule has 0 bridgehead atoms. The van der Waals surface area contributed by atoms with Crippen LogP contribution in [-0.2, 0) is 10.0 Å². The minimum Gasteiger partial charge on any atom is -0.497 e. The lowest BCUT2D eigenvalue weighted by Gasteiger charge is -2.12. The second kappa shape index (κ2) is 8.29. The summed E-state index contributed by atoms with van der Waals surface area (Å²) in [5, 5.41) is -0.00866. The highest BCUT2D eigenvalue weighted by atomic mass is 35.5. The maximum atomic E-state index is 12.9. The van der Waals surface area contributed by atoms with E-state index in [2.05, 4.69) is 15.1 Å². The molecule has 0 aliphatic carbocycles. The van der Waals surface area contributed by atoms with Gasteiger partial charge in [0.1, 0.15) is 17.0 Å². The Hall–Kier alpha value is -3.56. The Morgan fingerprint density at radius 3 is 2.55 bits per heavy atom. The maximum absolute atomic E-state index is 12.9. The van der Waals surface area contributed by atoms with Gasteiger partial charge < -0.3 is 4.74 Å². The lowest BCUT2D eigenvalue weighted by molar-refractivity contribution is 0.101. The van der Waals surface area contributed by atoms with E-state index < -0.39 is 15.9 Å². The molecule has 2 N–H and O–H groups in total. The number of amides is 1. The number of imidazole rings is 1. The number of ether oxygens (including phenoxy) is 1. The molecule has 8 nitrogen and oxygen atoms in total. The summed E-state index contributed by atoms with van der Waals surface area (Å²) in [7, 11) is -2.52. The molecule has 0 fully saturated rings. The van der Waals surface area contributed by atoms with Crippen molar-refractivity contribution < 1.29 is 17.9 Å². The minimum absolute atomic E-state index is 0.00866. The van der Waals surface area contributed by atoms with Crippen molar-refractivity contribution in [3.8, 4) is 5.75 Å². The number of anilines is 1. The second-order valence-electron chi connectivity index (χ2n) is 6.52. The van der Waals surface area contributed by atoms with E-state index in [0.717, 1.165) is 0 Å². The molecule has 0 spiro atoms. The highest BCUT2D eigenvalue weighted by molar-refractivity contribution is 7.92. The van der Waals surface area contributed by atoms with Crippen LogP contribution in [-0.4, -0.2) is 31.1 Å².